The van der Waals surface area contributed by atoms with Crippen molar-refractivity contribution in [2.24, 2.45) is 11.8 Å². The van der Waals surface area contributed by atoms with Gasteiger partial charge in [-0.15, -0.1) is 0 Å². The fourth-order valence-corrected chi connectivity index (χ4v) is 12.5. The van der Waals surface area contributed by atoms with Gasteiger partial charge in [-0.2, -0.15) is 0 Å². The van der Waals surface area contributed by atoms with Crippen molar-refractivity contribution in [2.75, 3.05) is 50.1 Å². The predicted molar refractivity (Wildman–Crippen MR) is 282 cm³/mol. The number of alkyl halides is 1. The van der Waals surface area contributed by atoms with Gasteiger partial charge < -0.3 is 44.7 Å². The molecule has 4 N–H and O–H groups in total. The van der Waals surface area contributed by atoms with Gasteiger partial charge in [0.05, 0.1) is 53.3 Å². The van der Waals surface area contributed by atoms with Crippen LogP contribution in [0.25, 0.3) is 22.1 Å². The average molecular weight is 1050 g/mol. The lowest BCUT2D eigenvalue weighted by Gasteiger charge is -2.38. The molecular formula is C57H67F3N10O6. The highest BCUT2D eigenvalue weighted by Gasteiger charge is 2.43. The van der Waals surface area contributed by atoms with Crippen LogP contribution in [-0.2, 0) is 20.0 Å². The zero-order valence-electron chi connectivity index (χ0n) is 43.9. The highest BCUT2D eigenvalue weighted by atomic mass is 19.1. The fraction of sp³-hybridized carbons (Fsp3) is 0.474. The Bertz CT molecular complexity index is 3120. The minimum absolute atomic E-state index is 0.0826. The Morgan fingerprint density at radius 1 is 0.724 bits per heavy atom. The molecular weight excluding hydrogens is 978 g/mol. The van der Waals surface area contributed by atoms with Gasteiger partial charge >= 0.3 is 12.2 Å². The summed E-state index contributed by atoms with van der Waals surface area (Å²) in [4.78, 5) is 77.4. The number of carboxylic acid groups (broad SMARTS) is 1. The van der Waals surface area contributed by atoms with Crippen LogP contribution < -0.4 is 15.1 Å². The van der Waals surface area contributed by atoms with Gasteiger partial charge in [0, 0.05) is 51.8 Å². The summed E-state index contributed by atoms with van der Waals surface area (Å²) in [5.41, 5.74) is 3.71. The fourth-order valence-electron chi connectivity index (χ4n) is 12.5. The topological polar surface area (TPSA) is 183 Å². The van der Waals surface area contributed by atoms with Crippen molar-refractivity contribution in [1.82, 2.24) is 40.0 Å². The molecule has 0 aliphatic carbocycles. The quantitative estimate of drug-likeness (QED) is 0.0868. The molecule has 0 bridgehead atoms. The normalized spacial score (nSPS) is 21.5. The van der Waals surface area contributed by atoms with E-state index in [1.54, 1.807) is 39.0 Å². The summed E-state index contributed by atoms with van der Waals surface area (Å²) in [5.74, 6) is -1.20. The van der Waals surface area contributed by atoms with Gasteiger partial charge in [0.25, 0.3) is 0 Å². The third-order valence-corrected chi connectivity index (χ3v) is 16.4. The predicted octanol–water partition coefficient (Wildman–Crippen LogP) is 10.6. The number of hydrogen-bond donors (Lipinski definition) is 4. The summed E-state index contributed by atoms with van der Waals surface area (Å²) >= 11 is 0. The van der Waals surface area contributed by atoms with Gasteiger partial charge in [-0.25, -0.2) is 32.7 Å². The third kappa shape index (κ3) is 9.76. The number of nitrogens with one attached hydrogen (secondary N) is 3. The van der Waals surface area contributed by atoms with Gasteiger partial charge in [0.2, 0.25) is 11.8 Å². The number of amides is 4. The number of methoxy groups -OCH3 is 1. The van der Waals surface area contributed by atoms with E-state index in [9.17, 15) is 24.3 Å². The van der Waals surface area contributed by atoms with Crippen molar-refractivity contribution in [3.05, 3.63) is 119 Å². The lowest BCUT2D eigenvalue weighted by Crippen LogP contribution is -2.51. The molecule has 6 heterocycles. The number of imidazole rings is 2. The number of nitrogens with zero attached hydrogens (tertiary/aromatic N) is 7. The van der Waals surface area contributed by atoms with E-state index in [4.69, 9.17) is 14.7 Å². The molecule has 4 amide bonds. The van der Waals surface area contributed by atoms with Crippen molar-refractivity contribution in [2.45, 2.75) is 121 Å². The zero-order chi connectivity index (χ0) is 53.7. The van der Waals surface area contributed by atoms with Gasteiger partial charge in [-0.05, 0) is 103 Å². The Kier molecular flexibility index (Phi) is 14.4. The van der Waals surface area contributed by atoms with Crippen LogP contribution in [0.1, 0.15) is 132 Å². The number of piperidine rings is 1. The number of halogens is 3. The summed E-state index contributed by atoms with van der Waals surface area (Å²) in [5, 5.41) is 12.5. The summed E-state index contributed by atoms with van der Waals surface area (Å²) in [6.07, 6.45) is 2.35. The van der Waals surface area contributed by atoms with E-state index in [0.29, 0.717) is 72.7 Å². The molecule has 4 saturated heterocycles. The first kappa shape index (κ1) is 52.1. The van der Waals surface area contributed by atoms with Crippen molar-refractivity contribution in [3.63, 3.8) is 0 Å². The Morgan fingerprint density at radius 3 is 1.74 bits per heavy atom. The molecule has 19 heteroatoms. The molecule has 4 aromatic carbocycles. The molecule has 4 aliphatic rings. The Hall–Kier alpha value is -7.31. The first-order valence-electron chi connectivity index (χ1n) is 26.6. The maximum absolute atomic E-state index is 16.8. The van der Waals surface area contributed by atoms with E-state index in [0.717, 1.165) is 39.9 Å². The molecule has 4 aliphatic heterocycles. The van der Waals surface area contributed by atoms with Crippen LogP contribution in [0.2, 0.25) is 0 Å². The molecule has 2 aromatic heterocycles. The number of aromatic nitrogens is 4. The number of likely N-dealkylation sites (tertiary alicyclic amines) is 2. The number of carbonyl (C=O) groups excluding carboxylic acids is 3. The maximum atomic E-state index is 16.8. The van der Waals surface area contributed by atoms with Gasteiger partial charge in [0.1, 0.15) is 35.1 Å². The first-order chi connectivity index (χ1) is 36.4. The van der Waals surface area contributed by atoms with Crippen LogP contribution in [0.5, 0.6) is 0 Å². The van der Waals surface area contributed by atoms with Crippen LogP contribution in [0.3, 0.4) is 0 Å². The van der Waals surface area contributed by atoms with E-state index in [1.165, 1.54) is 26.3 Å². The second kappa shape index (κ2) is 21.0. The van der Waals surface area contributed by atoms with Crippen LogP contribution in [-0.4, -0.2) is 116 Å². The summed E-state index contributed by atoms with van der Waals surface area (Å²) in [7, 11) is 2.68. The van der Waals surface area contributed by atoms with Crippen molar-refractivity contribution >= 4 is 57.4 Å². The number of ether oxygens (including phenoxy) is 1. The number of likely N-dealkylation sites (N-methyl/N-ethyl adjacent to an activating group) is 1. The summed E-state index contributed by atoms with van der Waals surface area (Å²) in [6, 6.07) is 20.4. The third-order valence-electron chi connectivity index (χ3n) is 16.4. The van der Waals surface area contributed by atoms with E-state index >= 15 is 13.2 Å². The Balaban J connectivity index is 0.974. The Morgan fingerprint density at radius 2 is 1.25 bits per heavy atom. The standard InChI is InChI=1S/C57H67F3N10O6/c1-32(2)48(65-55(73)76-6)53(71)68-24-10-14-46(68)51-61-40-18-16-34(28-42(40)63-51)44-20-21-45(70(44)37-30-38(58)50(39(59)31-37)67-26-22-57(60,23-27-67)36-12-8-7-9-13-36)35-17-19-41-43(29-35)64-52(62-41)47-15-11-25-69(47)54(72)49(33(3)4)66(5)56(74)75/h7-9,12-13,16-19,28-33,44-49H,10-11,14-15,20-27H2,1-6H3,(H,61,63)(H,62,64)(H,65,73)(H,74,75)/t44-,45-,46+,47+,48+,49+/m1/s1. The van der Waals surface area contributed by atoms with E-state index in [-0.39, 0.29) is 79.4 Å². The number of benzene rings is 4. The molecule has 0 unspecified atom stereocenters. The van der Waals surface area contributed by atoms with E-state index in [1.807, 2.05) is 70.2 Å². The molecule has 402 valence electrons. The second-order valence-electron chi connectivity index (χ2n) is 21.7. The molecule has 0 saturated carbocycles. The smallest absolute Gasteiger partial charge is 0.407 e. The monoisotopic (exact) mass is 1040 g/mol. The van der Waals surface area contributed by atoms with Crippen molar-refractivity contribution in [3.8, 4) is 0 Å². The molecule has 6 atom stereocenters. The molecule has 0 spiro atoms. The van der Waals surface area contributed by atoms with E-state index in [2.05, 4.69) is 20.2 Å². The number of rotatable bonds is 13. The molecule has 16 nitrogen and oxygen atoms in total. The number of hydrogen-bond acceptors (Lipinski definition) is 9. The van der Waals surface area contributed by atoms with Gasteiger partial charge in [0.15, 0.2) is 11.6 Å². The van der Waals surface area contributed by atoms with Crippen molar-refractivity contribution < 1.29 is 42.2 Å². The first-order valence-corrected chi connectivity index (χ1v) is 26.6. The number of anilines is 2. The SMILES string of the molecule is COC(=O)N[C@H](C(=O)N1CCC[C@H]1c1nc2ccc([C@H]3CC[C@H](c4ccc5nc([C@@H]6CCCN6C(=O)[C@H](C(C)C)N(C)C(=O)O)[nH]c5c4)N3c3cc(F)c(N4CCC(F)(c5ccccc5)CC4)c(F)c3)cc2[nH]1)C(C)C. The van der Waals surface area contributed by atoms with Crippen LogP contribution in [0, 0.1) is 23.5 Å². The van der Waals surface area contributed by atoms with Crippen LogP contribution in [0.15, 0.2) is 78.9 Å². The Labute approximate surface area is 440 Å². The highest BCUT2D eigenvalue weighted by molar-refractivity contribution is 5.87. The number of aromatic amines is 2. The zero-order valence-corrected chi connectivity index (χ0v) is 43.9. The van der Waals surface area contributed by atoms with Gasteiger partial charge in [-0.3, -0.25) is 14.5 Å². The number of alkyl carbamates (subject to hydrolysis) is 1. The highest BCUT2D eigenvalue weighted by Crippen LogP contribution is 2.49. The summed E-state index contributed by atoms with van der Waals surface area (Å²) in [6.45, 7) is 8.63. The summed E-state index contributed by atoms with van der Waals surface area (Å²) < 4.78 is 54.7. The average Bonchev–Trinajstić information content (AvgIpc) is 4.28. The molecule has 4 fully saturated rings. The minimum atomic E-state index is -1.61. The lowest BCUT2D eigenvalue weighted by molar-refractivity contribution is -0.138. The number of H-pyrrole nitrogens is 2. The van der Waals surface area contributed by atoms with Gasteiger partial charge in [-0.1, -0.05) is 70.2 Å². The number of fused-ring (bicyclic) bond motifs is 2. The molecule has 10 rings (SSSR count). The van der Waals surface area contributed by atoms with Crippen LogP contribution >= 0.6 is 0 Å². The molecule has 6 aromatic rings. The largest absolute Gasteiger partial charge is 0.465 e. The minimum Gasteiger partial charge on any atom is -0.465 e. The van der Waals surface area contributed by atoms with E-state index < -0.39 is 41.6 Å². The lowest BCUT2D eigenvalue weighted by atomic mass is 9.86. The number of carbonyl (C=O) groups is 4. The maximum Gasteiger partial charge on any atom is 0.407 e. The van der Waals surface area contributed by atoms with Crippen molar-refractivity contribution in [1.29, 1.82) is 0 Å². The molecule has 0 radical (unpaired) electrons. The second-order valence-corrected chi connectivity index (χ2v) is 21.7. The van der Waals surface area contributed by atoms with Crippen LogP contribution in [0.4, 0.5) is 34.1 Å². The molecule has 76 heavy (non-hydrogen) atoms.